The molecule has 2 aromatic carbocycles. The molecule has 0 spiro atoms. The number of hydrogen-bond acceptors (Lipinski definition) is 2. The Morgan fingerprint density at radius 3 is 1.96 bits per heavy atom. The molecule has 120 valence electrons. The smallest absolute Gasteiger partial charge is 0.164 e. The summed E-state index contributed by atoms with van der Waals surface area (Å²) in [5, 5.41) is 2.73. The largest absolute Gasteiger partial charge is 0.344 e. The van der Waals surface area contributed by atoms with E-state index >= 15 is 0 Å². The van der Waals surface area contributed by atoms with Gasteiger partial charge in [0.1, 0.15) is 6.10 Å². The van der Waals surface area contributed by atoms with Crippen molar-refractivity contribution in [3.05, 3.63) is 73.3 Å². The molecule has 2 nitrogen and oxygen atoms in total. The zero-order valence-corrected chi connectivity index (χ0v) is 14.6. The van der Waals surface area contributed by atoms with Crippen LogP contribution in [0.1, 0.15) is 13.8 Å². The summed E-state index contributed by atoms with van der Waals surface area (Å²) in [6.07, 6.45) is 2.78. The van der Waals surface area contributed by atoms with Crippen molar-refractivity contribution >= 4 is 18.5 Å². The fourth-order valence-corrected chi connectivity index (χ4v) is 5.39. The second-order valence-corrected chi connectivity index (χ2v) is 8.41. The molecule has 2 aromatic rings. The first-order valence-corrected chi connectivity index (χ1v) is 9.47. The van der Waals surface area contributed by atoms with Crippen molar-refractivity contribution in [1.29, 1.82) is 0 Å². The molecule has 0 N–H and O–H groups in total. The Morgan fingerprint density at radius 1 is 0.957 bits per heavy atom. The molecule has 0 bridgehead atoms. The number of benzene rings is 2. The van der Waals surface area contributed by atoms with Gasteiger partial charge in [-0.1, -0.05) is 66.7 Å². The zero-order valence-electron chi connectivity index (χ0n) is 13.7. The maximum Gasteiger partial charge on any atom is 0.164 e. The Kier molecular flexibility index (Phi) is 4.96. The third kappa shape index (κ3) is 3.90. The van der Waals surface area contributed by atoms with Gasteiger partial charge in [0.05, 0.1) is 6.10 Å². The molecular weight excluding hydrogens is 303 g/mol. The molecule has 0 unspecified atom stereocenters. The average molecular weight is 326 g/mol. The molecule has 1 heterocycles. The zero-order chi connectivity index (χ0) is 16.3. The van der Waals surface area contributed by atoms with Crippen molar-refractivity contribution in [3.63, 3.8) is 0 Å². The van der Waals surface area contributed by atoms with Crippen LogP contribution in [-0.4, -0.2) is 24.2 Å². The Morgan fingerprint density at radius 2 is 1.48 bits per heavy atom. The SMILES string of the molecule is C=C[C@@H]1OC(C)(C)O[C@H]1CP(c1ccccc1)c1ccccc1. The molecule has 0 aliphatic carbocycles. The van der Waals surface area contributed by atoms with Crippen LogP contribution in [0.25, 0.3) is 0 Å². The van der Waals surface area contributed by atoms with Gasteiger partial charge in [-0.15, -0.1) is 6.58 Å². The van der Waals surface area contributed by atoms with Gasteiger partial charge in [-0.05, 0) is 32.4 Å². The lowest BCUT2D eigenvalue weighted by Gasteiger charge is -2.24. The van der Waals surface area contributed by atoms with Crippen molar-refractivity contribution < 1.29 is 9.47 Å². The fourth-order valence-electron chi connectivity index (χ4n) is 2.96. The van der Waals surface area contributed by atoms with Crippen LogP contribution in [-0.2, 0) is 9.47 Å². The van der Waals surface area contributed by atoms with Gasteiger partial charge in [-0.3, -0.25) is 0 Å². The Balaban J connectivity index is 1.89. The highest BCUT2D eigenvalue weighted by Gasteiger charge is 2.40. The van der Waals surface area contributed by atoms with Gasteiger partial charge in [-0.2, -0.15) is 0 Å². The first kappa shape index (κ1) is 16.4. The molecule has 1 aliphatic heterocycles. The lowest BCUT2D eigenvalue weighted by molar-refractivity contribution is -0.140. The quantitative estimate of drug-likeness (QED) is 0.614. The van der Waals surface area contributed by atoms with E-state index in [1.54, 1.807) is 0 Å². The van der Waals surface area contributed by atoms with E-state index in [1.807, 2.05) is 19.9 Å². The standard InChI is InChI=1S/C20H23O2P/c1-4-18-19(22-20(2,3)21-18)15-23(16-11-7-5-8-12-16)17-13-9-6-10-14-17/h4-14,18-19H,1,15H2,2-3H3/t18-,19-/m0/s1. The normalized spacial score (nSPS) is 23.1. The van der Waals surface area contributed by atoms with Crippen molar-refractivity contribution in [1.82, 2.24) is 0 Å². The van der Waals surface area contributed by atoms with Gasteiger partial charge in [0.2, 0.25) is 0 Å². The number of ether oxygens (including phenoxy) is 2. The topological polar surface area (TPSA) is 18.5 Å². The van der Waals surface area contributed by atoms with Crippen molar-refractivity contribution in [2.24, 2.45) is 0 Å². The molecule has 0 saturated carbocycles. The molecule has 3 rings (SSSR count). The van der Waals surface area contributed by atoms with Crippen LogP contribution in [0.15, 0.2) is 73.3 Å². The van der Waals surface area contributed by atoms with E-state index in [4.69, 9.17) is 9.47 Å². The van der Waals surface area contributed by atoms with E-state index in [0.717, 1.165) is 6.16 Å². The Bertz CT molecular complexity index is 600. The van der Waals surface area contributed by atoms with E-state index in [9.17, 15) is 0 Å². The minimum Gasteiger partial charge on any atom is -0.344 e. The van der Waals surface area contributed by atoms with Crippen LogP contribution in [0.4, 0.5) is 0 Å². The first-order valence-electron chi connectivity index (χ1n) is 7.95. The monoisotopic (exact) mass is 326 g/mol. The maximum absolute atomic E-state index is 6.15. The number of rotatable bonds is 5. The number of hydrogen-bond donors (Lipinski definition) is 0. The third-order valence-corrected chi connectivity index (χ3v) is 6.52. The van der Waals surface area contributed by atoms with Crippen LogP contribution in [0.2, 0.25) is 0 Å². The van der Waals surface area contributed by atoms with E-state index in [-0.39, 0.29) is 12.2 Å². The van der Waals surface area contributed by atoms with E-state index in [2.05, 4.69) is 67.2 Å². The Labute approximate surface area is 139 Å². The summed E-state index contributed by atoms with van der Waals surface area (Å²) in [6.45, 7) is 7.85. The highest BCUT2D eigenvalue weighted by Crippen LogP contribution is 2.40. The highest BCUT2D eigenvalue weighted by molar-refractivity contribution is 7.73. The lowest BCUT2D eigenvalue weighted by Crippen LogP contribution is -2.28. The second kappa shape index (κ2) is 6.97. The van der Waals surface area contributed by atoms with Crippen molar-refractivity contribution in [2.75, 3.05) is 6.16 Å². The van der Waals surface area contributed by atoms with Crippen molar-refractivity contribution in [3.8, 4) is 0 Å². The van der Waals surface area contributed by atoms with Crippen LogP contribution in [0.5, 0.6) is 0 Å². The van der Waals surface area contributed by atoms with Gasteiger partial charge in [0.25, 0.3) is 0 Å². The van der Waals surface area contributed by atoms with Crippen molar-refractivity contribution in [2.45, 2.75) is 31.8 Å². The molecule has 1 aliphatic rings. The molecule has 0 radical (unpaired) electrons. The fraction of sp³-hybridized carbons (Fsp3) is 0.300. The molecule has 1 saturated heterocycles. The van der Waals surface area contributed by atoms with Crippen LogP contribution in [0, 0.1) is 0 Å². The van der Waals surface area contributed by atoms with Crippen LogP contribution < -0.4 is 10.6 Å². The molecule has 23 heavy (non-hydrogen) atoms. The maximum atomic E-state index is 6.15. The van der Waals surface area contributed by atoms with Gasteiger partial charge in [0.15, 0.2) is 5.79 Å². The molecular formula is C20H23O2P. The minimum absolute atomic E-state index is 0.0361. The first-order chi connectivity index (χ1) is 11.1. The van der Waals surface area contributed by atoms with E-state index < -0.39 is 13.7 Å². The van der Waals surface area contributed by atoms with Gasteiger partial charge >= 0.3 is 0 Å². The second-order valence-electron chi connectivity index (χ2n) is 6.16. The van der Waals surface area contributed by atoms with Crippen LogP contribution in [0.3, 0.4) is 0 Å². The van der Waals surface area contributed by atoms with Crippen LogP contribution >= 0.6 is 7.92 Å². The minimum atomic E-state index is -0.544. The van der Waals surface area contributed by atoms with Gasteiger partial charge in [-0.25, -0.2) is 0 Å². The van der Waals surface area contributed by atoms with E-state index in [0.29, 0.717) is 0 Å². The third-order valence-electron chi connectivity index (χ3n) is 3.95. The van der Waals surface area contributed by atoms with Gasteiger partial charge < -0.3 is 9.47 Å². The summed E-state index contributed by atoms with van der Waals surface area (Å²) in [6, 6.07) is 21.4. The summed E-state index contributed by atoms with van der Waals surface area (Å²) in [5.41, 5.74) is 0. The molecule has 1 fully saturated rings. The summed E-state index contributed by atoms with van der Waals surface area (Å²) in [7, 11) is -0.488. The molecule has 2 atom stereocenters. The predicted octanol–water partition coefficient (Wildman–Crippen LogP) is 3.83. The summed E-state index contributed by atoms with van der Waals surface area (Å²) >= 11 is 0. The molecule has 0 aromatic heterocycles. The van der Waals surface area contributed by atoms with E-state index in [1.165, 1.54) is 10.6 Å². The van der Waals surface area contributed by atoms with Gasteiger partial charge in [0, 0.05) is 6.16 Å². The average Bonchev–Trinajstić information content (AvgIpc) is 2.88. The molecule has 3 heteroatoms. The summed E-state index contributed by atoms with van der Waals surface area (Å²) < 4.78 is 12.1. The molecule has 0 amide bonds. The summed E-state index contributed by atoms with van der Waals surface area (Å²) in [4.78, 5) is 0. The Hall–Kier alpha value is -1.47. The summed E-state index contributed by atoms with van der Waals surface area (Å²) in [5.74, 6) is -0.544. The predicted molar refractivity (Wildman–Crippen MR) is 98.0 cm³/mol. The lowest BCUT2D eigenvalue weighted by atomic mass is 10.2. The highest BCUT2D eigenvalue weighted by atomic mass is 31.1.